The van der Waals surface area contributed by atoms with Crippen molar-refractivity contribution in [1.29, 1.82) is 0 Å². The molecule has 0 saturated carbocycles. The molecule has 0 unspecified atom stereocenters. The first kappa shape index (κ1) is 32.9. The summed E-state index contributed by atoms with van der Waals surface area (Å²) in [6.45, 7) is 7.95. The molecule has 6 nitrogen and oxygen atoms in total. The van der Waals surface area contributed by atoms with Gasteiger partial charge in [0.2, 0.25) is 0 Å². The minimum absolute atomic E-state index is 0.0142. The van der Waals surface area contributed by atoms with Crippen molar-refractivity contribution in [3.8, 4) is 17.2 Å². The minimum Gasteiger partial charge on any atom is -0.496 e. The number of halogens is 6. The van der Waals surface area contributed by atoms with Crippen LogP contribution in [0.5, 0.6) is 17.2 Å². The fraction of sp³-hybridized carbons (Fsp3) is 0.500. The Morgan fingerprint density at radius 1 is 0.929 bits per heavy atom. The fourth-order valence-electron chi connectivity index (χ4n) is 5.08. The topological polar surface area (TPSA) is 57.2 Å². The number of hydrogen-bond donors (Lipinski definition) is 0. The van der Waals surface area contributed by atoms with Gasteiger partial charge in [0.15, 0.2) is 0 Å². The molecular weight excluding hydrogens is 568 g/mol. The van der Waals surface area contributed by atoms with Gasteiger partial charge in [0.1, 0.15) is 17.2 Å². The van der Waals surface area contributed by atoms with Crippen LogP contribution in [0.25, 0.3) is 5.57 Å². The van der Waals surface area contributed by atoms with E-state index in [4.69, 9.17) is 9.47 Å². The van der Waals surface area contributed by atoms with Gasteiger partial charge < -0.3 is 18.9 Å². The molecule has 2 aromatic carbocycles. The highest BCUT2D eigenvalue weighted by molar-refractivity contribution is 5.76. The van der Waals surface area contributed by atoms with Crippen LogP contribution in [-0.2, 0) is 11.3 Å². The van der Waals surface area contributed by atoms with E-state index in [-0.39, 0.29) is 30.0 Å². The van der Waals surface area contributed by atoms with Crippen molar-refractivity contribution in [3.63, 3.8) is 0 Å². The third-order valence-corrected chi connectivity index (χ3v) is 6.98. The number of alkyl halides is 6. The zero-order valence-electron chi connectivity index (χ0n) is 24.3. The monoisotopic (exact) mass is 603 g/mol. The summed E-state index contributed by atoms with van der Waals surface area (Å²) in [5.74, 6) is -0.942. The quantitative estimate of drug-likeness (QED) is 0.268. The van der Waals surface area contributed by atoms with Crippen molar-refractivity contribution < 1.29 is 50.1 Å². The van der Waals surface area contributed by atoms with Crippen molar-refractivity contribution in [2.75, 3.05) is 20.8 Å². The molecule has 2 aromatic rings. The van der Waals surface area contributed by atoms with Crippen LogP contribution in [0, 0.1) is 5.41 Å². The van der Waals surface area contributed by atoms with Crippen LogP contribution in [0.3, 0.4) is 0 Å². The van der Waals surface area contributed by atoms with Crippen molar-refractivity contribution in [3.05, 3.63) is 58.7 Å². The summed E-state index contributed by atoms with van der Waals surface area (Å²) >= 11 is 0. The first-order valence-corrected chi connectivity index (χ1v) is 13.3. The van der Waals surface area contributed by atoms with E-state index in [0.29, 0.717) is 24.7 Å². The predicted molar refractivity (Wildman–Crippen MR) is 144 cm³/mol. The average molecular weight is 604 g/mol. The molecule has 1 aliphatic rings. The number of hydrogen-bond acceptors (Lipinski definition) is 5. The van der Waals surface area contributed by atoms with E-state index in [0.717, 1.165) is 47.9 Å². The molecule has 42 heavy (non-hydrogen) atoms. The maximum absolute atomic E-state index is 12.9. The second-order valence-corrected chi connectivity index (χ2v) is 11.3. The van der Waals surface area contributed by atoms with Crippen LogP contribution in [0.4, 0.5) is 31.1 Å². The molecule has 0 radical (unpaired) electrons. The highest BCUT2D eigenvalue weighted by Gasteiger charge is 2.35. The van der Waals surface area contributed by atoms with Gasteiger partial charge in [0.05, 0.1) is 14.2 Å². The summed E-state index contributed by atoms with van der Waals surface area (Å²) < 4.78 is 95.9. The van der Waals surface area contributed by atoms with Crippen LogP contribution in [0.1, 0.15) is 69.6 Å². The van der Waals surface area contributed by atoms with Gasteiger partial charge in [-0.15, -0.1) is 26.3 Å². The molecule has 0 bridgehead atoms. The second-order valence-electron chi connectivity index (χ2n) is 11.3. The van der Waals surface area contributed by atoms with E-state index < -0.39 is 30.3 Å². The van der Waals surface area contributed by atoms with Crippen LogP contribution >= 0.6 is 0 Å². The normalized spacial score (nSPS) is 15.5. The Morgan fingerprint density at radius 2 is 1.52 bits per heavy atom. The van der Waals surface area contributed by atoms with Gasteiger partial charge in [0.25, 0.3) is 0 Å². The molecular formula is C30H35F6NO5. The van der Waals surface area contributed by atoms with Crippen LogP contribution in [0.15, 0.2) is 42.0 Å². The fourth-order valence-corrected chi connectivity index (χ4v) is 5.08. The van der Waals surface area contributed by atoms with E-state index in [1.807, 2.05) is 12.1 Å². The molecule has 0 N–H and O–H groups in total. The number of rotatable bonds is 9. The van der Waals surface area contributed by atoms with E-state index >= 15 is 0 Å². The van der Waals surface area contributed by atoms with Crippen molar-refractivity contribution >= 4 is 11.7 Å². The van der Waals surface area contributed by atoms with E-state index in [2.05, 4.69) is 43.2 Å². The number of methoxy groups -OCH3 is 2. The second kappa shape index (κ2) is 12.7. The Balaban J connectivity index is 2.09. The van der Waals surface area contributed by atoms with Gasteiger partial charge in [-0.3, -0.25) is 4.90 Å². The molecule has 1 amide bonds. The Kier molecular flexibility index (Phi) is 10.00. The summed E-state index contributed by atoms with van der Waals surface area (Å²) in [7, 11) is 2.71. The molecule has 0 saturated heterocycles. The molecule has 0 spiro atoms. The average Bonchev–Trinajstić information content (AvgIpc) is 2.85. The van der Waals surface area contributed by atoms with Gasteiger partial charge in [-0.1, -0.05) is 33.8 Å². The molecule has 0 aromatic heterocycles. The van der Waals surface area contributed by atoms with Gasteiger partial charge >= 0.3 is 18.8 Å². The van der Waals surface area contributed by atoms with E-state index in [1.165, 1.54) is 4.90 Å². The number of amides is 1. The van der Waals surface area contributed by atoms with Crippen molar-refractivity contribution in [2.24, 2.45) is 5.41 Å². The number of ether oxygens (including phenoxy) is 4. The minimum atomic E-state index is -5.16. The first-order valence-electron chi connectivity index (χ1n) is 13.3. The van der Waals surface area contributed by atoms with Crippen LogP contribution in [0.2, 0.25) is 0 Å². The first-order chi connectivity index (χ1) is 19.4. The largest absolute Gasteiger partial charge is 0.573 e. The summed E-state index contributed by atoms with van der Waals surface area (Å²) in [5.41, 5.74) is 3.60. The van der Waals surface area contributed by atoms with E-state index in [9.17, 15) is 31.1 Å². The SMILES string of the molecule is COC(=O)N(CC1=C(c2cc(C(C)C)ccc2OC)CCC(C)(C)C1)Cc1cc(OC(F)(F)F)cc(OC(F)(F)F)c1. The summed E-state index contributed by atoms with van der Waals surface area (Å²) in [6.07, 6.45) is -9.01. The lowest BCUT2D eigenvalue weighted by Crippen LogP contribution is -2.34. The molecule has 0 atom stereocenters. The Hall–Kier alpha value is -3.57. The number of nitrogens with zero attached hydrogens (tertiary/aromatic N) is 1. The standard InChI is InChI=1S/C30H35F6NO5/c1-18(2)20-7-8-26(39-5)25(13-20)24-9-10-28(3,4)15-21(24)17-37(27(38)40-6)16-19-11-22(41-29(31,32)33)14-23(12-19)42-30(34,35)36/h7-8,11-14,18H,9-10,15-17H2,1-6H3. The Morgan fingerprint density at radius 3 is 2.02 bits per heavy atom. The van der Waals surface area contributed by atoms with Gasteiger partial charge in [-0.05, 0) is 77.1 Å². The predicted octanol–water partition coefficient (Wildman–Crippen LogP) is 8.85. The molecule has 232 valence electrons. The smallest absolute Gasteiger partial charge is 0.496 e. The van der Waals surface area contributed by atoms with Crippen LogP contribution < -0.4 is 14.2 Å². The van der Waals surface area contributed by atoms with Crippen LogP contribution in [-0.4, -0.2) is 44.5 Å². The summed E-state index contributed by atoms with van der Waals surface area (Å²) in [5, 5.41) is 0. The van der Waals surface area contributed by atoms with Crippen molar-refractivity contribution in [2.45, 2.75) is 72.1 Å². The van der Waals surface area contributed by atoms with Gasteiger partial charge in [0, 0.05) is 24.7 Å². The molecule has 1 aliphatic carbocycles. The van der Waals surface area contributed by atoms with Crippen molar-refractivity contribution in [1.82, 2.24) is 4.90 Å². The zero-order valence-corrected chi connectivity index (χ0v) is 24.3. The zero-order chi connectivity index (χ0) is 31.5. The number of benzene rings is 2. The lowest BCUT2D eigenvalue weighted by molar-refractivity contribution is -0.276. The summed E-state index contributed by atoms with van der Waals surface area (Å²) in [6, 6.07) is 8.21. The third-order valence-electron chi connectivity index (χ3n) is 6.98. The maximum atomic E-state index is 12.9. The summed E-state index contributed by atoms with van der Waals surface area (Å²) in [4.78, 5) is 14.1. The molecule has 0 aliphatic heterocycles. The highest BCUT2D eigenvalue weighted by atomic mass is 19.4. The lowest BCUT2D eigenvalue weighted by atomic mass is 9.72. The lowest BCUT2D eigenvalue weighted by Gasteiger charge is -2.36. The number of carbonyl (C=O) groups excluding carboxylic acids is 1. The molecule has 0 fully saturated rings. The third kappa shape index (κ3) is 9.22. The Bertz CT molecular complexity index is 1270. The Labute approximate surface area is 241 Å². The number of carbonyl (C=O) groups is 1. The van der Waals surface area contributed by atoms with Gasteiger partial charge in [-0.25, -0.2) is 4.79 Å². The number of allylic oxidation sites excluding steroid dienone is 1. The van der Waals surface area contributed by atoms with Gasteiger partial charge in [-0.2, -0.15) is 0 Å². The molecule has 12 heteroatoms. The maximum Gasteiger partial charge on any atom is 0.573 e. The molecule has 0 heterocycles. The van der Waals surface area contributed by atoms with E-state index in [1.54, 1.807) is 7.11 Å². The molecule has 3 rings (SSSR count). The highest BCUT2D eigenvalue weighted by Crippen LogP contribution is 2.45.